The first-order chi connectivity index (χ1) is 14.4. The van der Waals surface area contributed by atoms with Gasteiger partial charge in [-0.2, -0.15) is 5.10 Å². The van der Waals surface area contributed by atoms with E-state index in [1.165, 1.54) is 17.7 Å². The zero-order valence-corrected chi connectivity index (χ0v) is 17.8. The van der Waals surface area contributed by atoms with Crippen molar-refractivity contribution in [3.63, 3.8) is 0 Å². The van der Waals surface area contributed by atoms with Crippen molar-refractivity contribution in [2.45, 2.75) is 33.2 Å². The van der Waals surface area contributed by atoms with Crippen LogP contribution in [0.15, 0.2) is 42.9 Å². The van der Waals surface area contributed by atoms with Crippen molar-refractivity contribution >= 4 is 28.0 Å². The minimum Gasteiger partial charge on any atom is -0.320 e. The SMILES string of the molecule is Cc1cccc(-c2nc(NC(=O)[C@@H](N)CC(C)C)sc2-c2ccc3ncnn3c2)n1. The molecule has 154 valence electrons. The molecule has 4 rings (SSSR count). The van der Waals surface area contributed by atoms with Gasteiger partial charge < -0.3 is 11.1 Å². The van der Waals surface area contributed by atoms with Crippen LogP contribution in [0.3, 0.4) is 0 Å². The smallest absolute Gasteiger partial charge is 0.243 e. The van der Waals surface area contributed by atoms with Crippen LogP contribution in [0.2, 0.25) is 0 Å². The molecule has 3 N–H and O–H groups in total. The number of carbonyl (C=O) groups excluding carboxylic acids is 1. The predicted octanol–water partition coefficient (Wildman–Crippen LogP) is 3.54. The molecule has 4 heterocycles. The number of aromatic nitrogens is 5. The standard InChI is InChI=1S/C21H23N7OS/c1-12(2)9-15(22)20(29)27-21-26-18(16-6-4-5-13(3)25-16)19(30-21)14-7-8-17-23-11-24-28(17)10-14/h4-8,10-12,15H,9,22H2,1-3H3,(H,26,27,29)/t15-/m0/s1. The Bertz CT molecular complexity index is 1200. The van der Waals surface area contributed by atoms with Crippen LogP contribution in [0.25, 0.3) is 27.5 Å². The summed E-state index contributed by atoms with van der Waals surface area (Å²) in [7, 11) is 0. The van der Waals surface area contributed by atoms with E-state index in [0.29, 0.717) is 23.2 Å². The fourth-order valence-corrected chi connectivity index (χ4v) is 4.15. The molecule has 0 aliphatic rings. The van der Waals surface area contributed by atoms with Crippen molar-refractivity contribution in [1.29, 1.82) is 0 Å². The Balaban J connectivity index is 1.74. The third kappa shape index (κ3) is 4.22. The molecule has 0 bridgehead atoms. The van der Waals surface area contributed by atoms with E-state index < -0.39 is 6.04 Å². The second-order valence-corrected chi connectivity index (χ2v) is 8.57. The first-order valence-corrected chi connectivity index (χ1v) is 10.5. The van der Waals surface area contributed by atoms with Gasteiger partial charge in [-0.25, -0.2) is 14.5 Å². The number of pyridine rings is 2. The Morgan fingerprint density at radius 1 is 1.23 bits per heavy atom. The van der Waals surface area contributed by atoms with Gasteiger partial charge in [-0.15, -0.1) is 0 Å². The van der Waals surface area contributed by atoms with Gasteiger partial charge in [0.15, 0.2) is 10.8 Å². The Morgan fingerprint density at radius 3 is 2.83 bits per heavy atom. The molecule has 0 spiro atoms. The molecule has 0 aliphatic heterocycles. The van der Waals surface area contributed by atoms with Crippen molar-refractivity contribution in [1.82, 2.24) is 24.6 Å². The van der Waals surface area contributed by atoms with E-state index in [1.54, 1.807) is 4.52 Å². The molecule has 0 fully saturated rings. The summed E-state index contributed by atoms with van der Waals surface area (Å²) in [5.41, 5.74) is 10.0. The quantitative estimate of drug-likeness (QED) is 0.493. The number of carbonyl (C=O) groups is 1. The zero-order valence-electron chi connectivity index (χ0n) is 17.0. The third-order valence-electron chi connectivity index (χ3n) is 4.59. The highest BCUT2D eigenvalue weighted by Gasteiger charge is 2.21. The Hall–Kier alpha value is -3.17. The lowest BCUT2D eigenvalue weighted by molar-refractivity contribution is -0.117. The molecule has 1 amide bonds. The number of thiazole rings is 1. The summed E-state index contributed by atoms with van der Waals surface area (Å²) < 4.78 is 1.71. The molecule has 30 heavy (non-hydrogen) atoms. The summed E-state index contributed by atoms with van der Waals surface area (Å²) in [4.78, 5) is 26.9. The molecule has 0 saturated carbocycles. The highest BCUT2D eigenvalue weighted by Crippen LogP contribution is 2.38. The number of rotatable bonds is 6. The largest absolute Gasteiger partial charge is 0.320 e. The number of fused-ring (bicyclic) bond motifs is 1. The van der Waals surface area contributed by atoms with E-state index in [9.17, 15) is 4.79 Å². The lowest BCUT2D eigenvalue weighted by Gasteiger charge is -2.12. The van der Waals surface area contributed by atoms with Crippen LogP contribution in [-0.2, 0) is 4.79 Å². The first kappa shape index (κ1) is 20.1. The molecule has 0 aliphatic carbocycles. The van der Waals surface area contributed by atoms with Crippen molar-refractivity contribution in [2.75, 3.05) is 5.32 Å². The Labute approximate surface area is 178 Å². The normalized spacial score (nSPS) is 12.4. The number of aryl methyl sites for hydroxylation is 1. The average molecular weight is 422 g/mol. The maximum Gasteiger partial charge on any atom is 0.243 e. The molecule has 9 heteroatoms. The second kappa shape index (κ2) is 8.29. The third-order valence-corrected chi connectivity index (χ3v) is 5.61. The summed E-state index contributed by atoms with van der Waals surface area (Å²) in [6, 6.07) is 9.07. The molecule has 4 aromatic rings. The lowest BCUT2D eigenvalue weighted by Crippen LogP contribution is -2.36. The monoisotopic (exact) mass is 421 g/mol. The maximum absolute atomic E-state index is 12.5. The molecule has 0 unspecified atom stereocenters. The fraction of sp³-hybridized carbons (Fsp3) is 0.286. The number of nitrogens with one attached hydrogen (secondary N) is 1. The lowest BCUT2D eigenvalue weighted by atomic mass is 10.0. The molecule has 1 atom stereocenters. The van der Waals surface area contributed by atoms with Crippen LogP contribution in [-0.4, -0.2) is 36.5 Å². The van der Waals surface area contributed by atoms with Gasteiger partial charge in [0.1, 0.15) is 12.0 Å². The molecule has 8 nitrogen and oxygen atoms in total. The minimum absolute atomic E-state index is 0.237. The topological polar surface area (TPSA) is 111 Å². The van der Waals surface area contributed by atoms with Crippen LogP contribution in [0.5, 0.6) is 0 Å². The van der Waals surface area contributed by atoms with E-state index in [4.69, 9.17) is 10.7 Å². The van der Waals surface area contributed by atoms with Crippen LogP contribution >= 0.6 is 11.3 Å². The maximum atomic E-state index is 12.5. The van der Waals surface area contributed by atoms with E-state index in [-0.39, 0.29) is 5.91 Å². The number of hydrogen-bond acceptors (Lipinski definition) is 7. The summed E-state index contributed by atoms with van der Waals surface area (Å²) in [5, 5.41) is 7.58. The Kier molecular flexibility index (Phi) is 5.56. The van der Waals surface area contributed by atoms with Gasteiger partial charge >= 0.3 is 0 Å². The van der Waals surface area contributed by atoms with Crippen LogP contribution in [0.4, 0.5) is 5.13 Å². The number of anilines is 1. The van der Waals surface area contributed by atoms with Gasteiger partial charge in [-0.1, -0.05) is 31.3 Å². The average Bonchev–Trinajstić information content (AvgIpc) is 3.33. The van der Waals surface area contributed by atoms with E-state index >= 15 is 0 Å². The van der Waals surface area contributed by atoms with Crippen molar-refractivity contribution < 1.29 is 4.79 Å². The minimum atomic E-state index is -0.579. The summed E-state index contributed by atoms with van der Waals surface area (Å²) in [6.07, 6.45) is 4.02. The van der Waals surface area contributed by atoms with Gasteiger partial charge in [-0.05, 0) is 43.5 Å². The van der Waals surface area contributed by atoms with Gasteiger partial charge in [0.05, 0.1) is 16.6 Å². The zero-order chi connectivity index (χ0) is 21.3. The summed E-state index contributed by atoms with van der Waals surface area (Å²) in [5.74, 6) is 0.0959. The van der Waals surface area contributed by atoms with Crippen molar-refractivity contribution in [2.24, 2.45) is 11.7 Å². The first-order valence-electron chi connectivity index (χ1n) is 9.72. The van der Waals surface area contributed by atoms with E-state index in [1.807, 2.05) is 57.3 Å². The van der Waals surface area contributed by atoms with Crippen LogP contribution in [0.1, 0.15) is 26.0 Å². The van der Waals surface area contributed by atoms with Gasteiger partial charge in [0, 0.05) is 17.5 Å². The number of amides is 1. The molecule has 0 saturated heterocycles. The van der Waals surface area contributed by atoms with Gasteiger partial charge in [-0.3, -0.25) is 9.78 Å². The summed E-state index contributed by atoms with van der Waals surface area (Å²) in [6.45, 7) is 6.01. The van der Waals surface area contributed by atoms with Crippen LogP contribution in [0, 0.1) is 12.8 Å². The fourth-order valence-electron chi connectivity index (χ4n) is 3.18. The second-order valence-electron chi connectivity index (χ2n) is 7.57. The van der Waals surface area contributed by atoms with Gasteiger partial charge in [0.2, 0.25) is 5.91 Å². The predicted molar refractivity (Wildman–Crippen MR) is 118 cm³/mol. The Morgan fingerprint density at radius 2 is 2.07 bits per heavy atom. The number of nitrogens with zero attached hydrogens (tertiary/aromatic N) is 5. The molecular weight excluding hydrogens is 398 g/mol. The van der Waals surface area contributed by atoms with Crippen molar-refractivity contribution in [3.8, 4) is 21.8 Å². The van der Waals surface area contributed by atoms with Gasteiger partial charge in [0.25, 0.3) is 0 Å². The molecule has 0 radical (unpaired) electrons. The number of nitrogens with two attached hydrogens (primary N) is 1. The molecule has 0 aromatic carbocycles. The van der Waals surface area contributed by atoms with E-state index in [0.717, 1.165) is 27.5 Å². The van der Waals surface area contributed by atoms with Crippen molar-refractivity contribution in [3.05, 3.63) is 48.5 Å². The molecule has 4 aromatic heterocycles. The van der Waals surface area contributed by atoms with E-state index in [2.05, 4.69) is 20.4 Å². The molecular formula is C21H23N7OS. The highest BCUT2D eigenvalue weighted by molar-refractivity contribution is 7.19. The van der Waals surface area contributed by atoms with Crippen LogP contribution < -0.4 is 11.1 Å². The highest BCUT2D eigenvalue weighted by atomic mass is 32.1. The summed E-state index contributed by atoms with van der Waals surface area (Å²) >= 11 is 1.39. The number of hydrogen-bond donors (Lipinski definition) is 2.